The number of morpholine rings is 1. The molecule has 0 radical (unpaired) electrons. The first-order valence-electron chi connectivity index (χ1n) is 6.71. The molecule has 2 aromatic rings. The molecule has 5 heteroatoms. The maximum Gasteiger partial charge on any atom is 0.274 e. The highest BCUT2D eigenvalue weighted by Gasteiger charge is 2.26. The zero-order chi connectivity index (χ0) is 13.4. The fourth-order valence-corrected chi connectivity index (χ4v) is 3.16. The van der Waals surface area contributed by atoms with Crippen molar-refractivity contribution in [3.63, 3.8) is 0 Å². The van der Waals surface area contributed by atoms with E-state index in [0.717, 1.165) is 30.9 Å². The molecule has 2 heterocycles. The Morgan fingerprint density at radius 1 is 1.26 bits per heavy atom. The second-order valence-electron chi connectivity index (χ2n) is 5.34. The van der Waals surface area contributed by atoms with Gasteiger partial charge in [0.25, 0.3) is 4.84 Å². The molecular formula is C14H19N2O2S+. The van der Waals surface area contributed by atoms with E-state index in [-0.39, 0.29) is 0 Å². The first-order chi connectivity index (χ1) is 9.13. The van der Waals surface area contributed by atoms with Crippen molar-refractivity contribution in [3.8, 4) is 0 Å². The number of benzene rings is 1. The van der Waals surface area contributed by atoms with E-state index in [1.807, 2.05) is 18.2 Å². The Hall–Kier alpha value is -1.17. The van der Waals surface area contributed by atoms with Gasteiger partial charge < -0.3 is 14.1 Å². The monoisotopic (exact) mass is 279 g/mol. The summed E-state index contributed by atoms with van der Waals surface area (Å²) in [5.74, 6) is 0. The van der Waals surface area contributed by atoms with Crippen LogP contribution in [0.3, 0.4) is 0 Å². The van der Waals surface area contributed by atoms with Crippen molar-refractivity contribution >= 4 is 23.3 Å². The number of fused-ring (bicyclic) bond motifs is 1. The first-order valence-corrected chi connectivity index (χ1v) is 7.11. The van der Waals surface area contributed by atoms with Gasteiger partial charge in [-0.2, -0.15) is 0 Å². The minimum atomic E-state index is 0.297. The van der Waals surface area contributed by atoms with E-state index >= 15 is 0 Å². The molecule has 1 aliphatic heterocycles. The van der Waals surface area contributed by atoms with Crippen molar-refractivity contribution in [2.75, 3.05) is 13.1 Å². The quantitative estimate of drug-likeness (QED) is 0.848. The lowest BCUT2D eigenvalue weighted by Crippen LogP contribution is -3.14. The maximum atomic E-state index is 5.77. The van der Waals surface area contributed by atoms with Crippen LogP contribution >= 0.6 is 12.2 Å². The second kappa shape index (κ2) is 5.07. The van der Waals surface area contributed by atoms with Crippen LogP contribution < -0.4 is 4.90 Å². The van der Waals surface area contributed by atoms with E-state index in [9.17, 15) is 0 Å². The zero-order valence-corrected chi connectivity index (χ0v) is 12.1. The molecule has 19 heavy (non-hydrogen) atoms. The largest absolute Gasteiger partial charge is 0.429 e. The number of para-hydroxylation sites is 2. The molecule has 1 aromatic heterocycles. The molecule has 1 N–H and O–H groups in total. The summed E-state index contributed by atoms with van der Waals surface area (Å²) in [4.78, 5) is 2.04. The van der Waals surface area contributed by atoms with Crippen LogP contribution in [0.15, 0.2) is 28.7 Å². The third kappa shape index (κ3) is 2.59. The Labute approximate surface area is 117 Å². The van der Waals surface area contributed by atoms with Crippen molar-refractivity contribution in [2.45, 2.75) is 32.7 Å². The Bertz CT molecular complexity index is 624. The normalized spacial score (nSPS) is 27.8. The second-order valence-corrected chi connectivity index (χ2v) is 5.69. The van der Waals surface area contributed by atoms with Gasteiger partial charge in [-0.25, -0.2) is 0 Å². The van der Waals surface area contributed by atoms with Gasteiger partial charge in [0.2, 0.25) is 0 Å². The van der Waals surface area contributed by atoms with Crippen LogP contribution in [0.5, 0.6) is 0 Å². The van der Waals surface area contributed by atoms with Crippen molar-refractivity contribution in [2.24, 2.45) is 0 Å². The van der Waals surface area contributed by atoms with Gasteiger partial charge >= 0.3 is 0 Å². The number of quaternary nitrogens is 1. The van der Waals surface area contributed by atoms with Crippen LogP contribution in [-0.4, -0.2) is 29.9 Å². The van der Waals surface area contributed by atoms with Gasteiger partial charge in [0.05, 0.1) is 5.52 Å². The Kier molecular flexibility index (Phi) is 3.43. The summed E-state index contributed by atoms with van der Waals surface area (Å²) in [6, 6.07) is 8.00. The van der Waals surface area contributed by atoms with E-state index in [0.29, 0.717) is 17.0 Å². The Balaban J connectivity index is 1.89. The average molecular weight is 279 g/mol. The molecule has 3 rings (SSSR count). The number of oxazole rings is 1. The number of nitrogens with one attached hydrogen (secondary N) is 1. The summed E-state index contributed by atoms with van der Waals surface area (Å²) in [7, 11) is 0. The number of nitrogens with zero attached hydrogens (tertiary/aromatic N) is 1. The molecule has 1 fully saturated rings. The number of ether oxygens (including phenoxy) is 1. The lowest BCUT2D eigenvalue weighted by Gasteiger charge is -2.32. The highest BCUT2D eigenvalue weighted by molar-refractivity contribution is 7.71. The molecule has 0 saturated carbocycles. The molecule has 1 aliphatic rings. The lowest BCUT2D eigenvalue weighted by molar-refractivity contribution is -0.936. The molecule has 4 nitrogen and oxygen atoms in total. The van der Waals surface area contributed by atoms with Crippen molar-refractivity contribution < 1.29 is 14.1 Å². The number of hydrogen-bond acceptors (Lipinski definition) is 3. The molecule has 1 saturated heterocycles. The summed E-state index contributed by atoms with van der Waals surface area (Å²) in [5.41, 5.74) is 1.94. The van der Waals surface area contributed by atoms with E-state index in [2.05, 4.69) is 24.5 Å². The summed E-state index contributed by atoms with van der Waals surface area (Å²) < 4.78 is 13.5. The molecule has 0 aliphatic carbocycles. The summed E-state index contributed by atoms with van der Waals surface area (Å²) in [6.07, 6.45) is 0.595. The molecular weight excluding hydrogens is 260 g/mol. The predicted octanol–water partition coefficient (Wildman–Crippen LogP) is 1.61. The Morgan fingerprint density at radius 3 is 2.68 bits per heavy atom. The minimum absolute atomic E-state index is 0.297. The van der Waals surface area contributed by atoms with Crippen LogP contribution in [0.1, 0.15) is 13.8 Å². The molecule has 102 valence electrons. The van der Waals surface area contributed by atoms with Gasteiger partial charge in [0, 0.05) is 0 Å². The predicted molar refractivity (Wildman–Crippen MR) is 75.7 cm³/mol. The Morgan fingerprint density at radius 2 is 1.95 bits per heavy atom. The highest BCUT2D eigenvalue weighted by atomic mass is 32.1. The number of hydrogen-bond donors (Lipinski definition) is 1. The standard InChI is InChI=1S/C14H18N2O2S/c1-10-7-15(8-11(2)17-10)9-16-12-5-3-4-6-13(12)18-14(16)19/h3-6,10-11H,7-9H2,1-2H3/p+1/t10-,11-/m0/s1. The third-order valence-electron chi connectivity index (χ3n) is 3.57. The van der Waals surface area contributed by atoms with Gasteiger partial charge in [0.15, 0.2) is 12.3 Å². The molecule has 0 unspecified atom stereocenters. The molecule has 0 amide bonds. The van der Waals surface area contributed by atoms with Gasteiger partial charge in [-0.1, -0.05) is 12.1 Å². The van der Waals surface area contributed by atoms with Crippen molar-refractivity contribution in [1.29, 1.82) is 0 Å². The van der Waals surface area contributed by atoms with Gasteiger partial charge in [0.1, 0.15) is 25.3 Å². The van der Waals surface area contributed by atoms with Crippen molar-refractivity contribution in [1.82, 2.24) is 4.57 Å². The van der Waals surface area contributed by atoms with Crippen LogP contribution in [0.2, 0.25) is 0 Å². The summed E-state index contributed by atoms with van der Waals surface area (Å²) in [5, 5.41) is 0. The number of aromatic nitrogens is 1. The molecule has 0 bridgehead atoms. The molecule has 1 aromatic carbocycles. The smallest absolute Gasteiger partial charge is 0.274 e. The lowest BCUT2D eigenvalue weighted by atomic mass is 10.2. The zero-order valence-electron chi connectivity index (χ0n) is 11.3. The minimum Gasteiger partial charge on any atom is -0.429 e. The van der Waals surface area contributed by atoms with E-state index in [4.69, 9.17) is 21.4 Å². The highest BCUT2D eigenvalue weighted by Crippen LogP contribution is 2.15. The summed E-state index contributed by atoms with van der Waals surface area (Å²) in [6.45, 7) is 7.11. The van der Waals surface area contributed by atoms with E-state index < -0.39 is 0 Å². The van der Waals surface area contributed by atoms with Gasteiger partial charge in [-0.05, 0) is 38.2 Å². The topological polar surface area (TPSA) is 31.7 Å². The van der Waals surface area contributed by atoms with Crippen LogP contribution in [0.4, 0.5) is 0 Å². The first kappa shape index (κ1) is 12.8. The maximum absolute atomic E-state index is 5.77. The van der Waals surface area contributed by atoms with Crippen LogP contribution in [0.25, 0.3) is 11.1 Å². The average Bonchev–Trinajstić information content (AvgIpc) is 2.65. The molecule has 2 atom stereocenters. The molecule has 0 spiro atoms. The van der Waals surface area contributed by atoms with Crippen LogP contribution in [-0.2, 0) is 11.4 Å². The number of rotatable bonds is 2. The van der Waals surface area contributed by atoms with Gasteiger partial charge in [-0.15, -0.1) is 0 Å². The fourth-order valence-electron chi connectivity index (χ4n) is 2.91. The van der Waals surface area contributed by atoms with Crippen molar-refractivity contribution in [3.05, 3.63) is 29.1 Å². The fraction of sp³-hybridized carbons (Fsp3) is 0.500. The SMILES string of the molecule is C[C@H]1C[NH+](Cn2c(=S)oc3ccccc32)C[C@H](C)O1. The van der Waals surface area contributed by atoms with E-state index in [1.54, 1.807) is 0 Å². The summed E-state index contributed by atoms with van der Waals surface area (Å²) >= 11 is 5.33. The third-order valence-corrected chi connectivity index (χ3v) is 3.88. The van der Waals surface area contributed by atoms with Gasteiger partial charge in [-0.3, -0.25) is 4.57 Å². The van der Waals surface area contributed by atoms with Crippen LogP contribution in [0, 0.1) is 4.84 Å². The van der Waals surface area contributed by atoms with E-state index in [1.165, 1.54) is 4.90 Å².